The smallest absolute Gasteiger partial charge is 0.321 e. The second-order valence-electron chi connectivity index (χ2n) is 13.3. The quantitative estimate of drug-likeness (QED) is 0.380. The summed E-state index contributed by atoms with van der Waals surface area (Å²) >= 11 is 0. The minimum atomic E-state index is -0.142. The molecule has 44 heavy (non-hydrogen) atoms. The number of benzene rings is 2. The van der Waals surface area contributed by atoms with Gasteiger partial charge in [-0.3, -0.25) is 14.5 Å². The van der Waals surface area contributed by atoms with Crippen LogP contribution in [0.15, 0.2) is 54.6 Å². The monoisotopic (exact) mass is 600 g/mol. The third-order valence-corrected chi connectivity index (χ3v) is 10.5. The highest BCUT2D eigenvalue weighted by Gasteiger charge is 2.45. The van der Waals surface area contributed by atoms with Gasteiger partial charge in [0.1, 0.15) is 0 Å². The van der Waals surface area contributed by atoms with Crippen molar-refractivity contribution in [1.82, 2.24) is 20.0 Å². The molecule has 0 radical (unpaired) electrons. The van der Waals surface area contributed by atoms with Crippen molar-refractivity contribution in [1.29, 1.82) is 0 Å². The van der Waals surface area contributed by atoms with Crippen molar-refractivity contribution in [3.63, 3.8) is 0 Å². The average molecular weight is 601 g/mol. The van der Waals surface area contributed by atoms with Gasteiger partial charge in [-0.15, -0.1) is 0 Å². The summed E-state index contributed by atoms with van der Waals surface area (Å²) in [5.74, 6) is -0.240. The Morgan fingerprint density at radius 1 is 0.818 bits per heavy atom. The zero-order valence-corrected chi connectivity index (χ0v) is 26.2. The Hall–Kier alpha value is -3.39. The number of hydrogen-bond acceptors (Lipinski definition) is 5. The largest absolute Gasteiger partial charge is 0.469 e. The van der Waals surface area contributed by atoms with E-state index in [2.05, 4.69) is 62.5 Å². The number of amides is 3. The SMILES string of the molecule is COC(=O)C1CCC(NC(=O)c2ccc(CN3CCC(N4C(=O)N(C5CCCCC5)C[C@H]4c4ccccc4)CC3)cc2)CC1. The van der Waals surface area contributed by atoms with Crippen molar-refractivity contribution < 1.29 is 19.1 Å². The van der Waals surface area contributed by atoms with E-state index in [9.17, 15) is 14.4 Å². The van der Waals surface area contributed by atoms with Crippen LogP contribution in [0.1, 0.15) is 98.2 Å². The number of nitrogens with one attached hydrogen (secondary N) is 1. The van der Waals surface area contributed by atoms with E-state index in [1.165, 1.54) is 37.5 Å². The van der Waals surface area contributed by atoms with Crippen molar-refractivity contribution in [2.75, 3.05) is 26.7 Å². The fourth-order valence-corrected chi connectivity index (χ4v) is 7.97. The molecule has 1 atom stereocenters. The number of carbonyl (C=O) groups excluding carboxylic acids is 3. The van der Waals surface area contributed by atoms with E-state index in [-0.39, 0.29) is 42.0 Å². The van der Waals surface area contributed by atoms with Crippen LogP contribution < -0.4 is 5.32 Å². The molecule has 0 spiro atoms. The summed E-state index contributed by atoms with van der Waals surface area (Å²) in [6, 6.07) is 19.7. The highest BCUT2D eigenvalue weighted by Crippen LogP contribution is 2.38. The van der Waals surface area contributed by atoms with Gasteiger partial charge in [0, 0.05) is 49.9 Å². The summed E-state index contributed by atoms with van der Waals surface area (Å²) in [7, 11) is 1.44. The first kappa shape index (κ1) is 30.6. The third kappa shape index (κ3) is 6.96. The van der Waals surface area contributed by atoms with E-state index in [0.29, 0.717) is 11.6 Å². The van der Waals surface area contributed by atoms with Crippen molar-refractivity contribution in [2.45, 2.75) is 101 Å². The molecule has 2 aliphatic heterocycles. The lowest BCUT2D eigenvalue weighted by Gasteiger charge is -2.39. The van der Waals surface area contributed by atoms with Gasteiger partial charge in [0.2, 0.25) is 0 Å². The third-order valence-electron chi connectivity index (χ3n) is 10.5. The van der Waals surface area contributed by atoms with Crippen molar-refractivity contribution >= 4 is 17.9 Å². The maximum Gasteiger partial charge on any atom is 0.321 e. The first-order chi connectivity index (χ1) is 21.5. The van der Waals surface area contributed by atoms with Crippen molar-refractivity contribution in [2.24, 2.45) is 5.92 Å². The van der Waals surface area contributed by atoms with Crippen LogP contribution in [0.25, 0.3) is 0 Å². The lowest BCUT2D eigenvalue weighted by molar-refractivity contribution is -0.146. The molecule has 4 aliphatic rings. The van der Waals surface area contributed by atoms with Crippen LogP contribution in [0.5, 0.6) is 0 Å². The summed E-state index contributed by atoms with van der Waals surface area (Å²) in [6.07, 6.45) is 11.1. The van der Waals surface area contributed by atoms with Gasteiger partial charge in [-0.1, -0.05) is 61.7 Å². The van der Waals surface area contributed by atoms with Gasteiger partial charge in [0.25, 0.3) is 5.91 Å². The molecule has 2 aromatic carbocycles. The maximum absolute atomic E-state index is 13.9. The molecule has 2 heterocycles. The fourth-order valence-electron chi connectivity index (χ4n) is 7.97. The second kappa shape index (κ2) is 14.1. The first-order valence-corrected chi connectivity index (χ1v) is 16.8. The number of piperidine rings is 1. The molecule has 0 unspecified atom stereocenters. The molecule has 6 rings (SSSR count). The Balaban J connectivity index is 1.01. The van der Waals surface area contributed by atoms with Gasteiger partial charge >= 0.3 is 12.0 Å². The number of nitrogens with zero attached hydrogens (tertiary/aromatic N) is 3. The lowest BCUT2D eigenvalue weighted by Crippen LogP contribution is -2.48. The van der Waals surface area contributed by atoms with E-state index in [4.69, 9.17) is 4.74 Å². The summed E-state index contributed by atoms with van der Waals surface area (Å²) in [6.45, 7) is 3.56. The Morgan fingerprint density at radius 2 is 1.50 bits per heavy atom. The number of methoxy groups -OCH3 is 1. The van der Waals surface area contributed by atoms with Gasteiger partial charge < -0.3 is 19.9 Å². The summed E-state index contributed by atoms with van der Waals surface area (Å²) in [5, 5.41) is 3.15. The van der Waals surface area contributed by atoms with Gasteiger partial charge in [0.15, 0.2) is 0 Å². The molecule has 2 saturated heterocycles. The standard InChI is InChI=1S/C36H48N4O4/c1-44-35(42)29-16-18-30(19-17-29)37-34(41)28-14-12-26(13-15-28)24-38-22-20-32(21-23-38)40-33(27-8-4-2-5-9-27)25-39(36(40)43)31-10-6-3-7-11-31/h2,4-5,8-9,12-15,29-33H,3,6-7,10-11,16-25H2,1H3,(H,37,41)/t29?,30?,33-/m0/s1. The number of urea groups is 1. The van der Waals surface area contributed by atoms with E-state index in [0.717, 1.165) is 77.5 Å². The first-order valence-electron chi connectivity index (χ1n) is 16.8. The second-order valence-corrected chi connectivity index (χ2v) is 13.3. The van der Waals surface area contributed by atoms with Crippen molar-refractivity contribution in [3.05, 3.63) is 71.3 Å². The molecule has 3 amide bonds. The van der Waals surface area contributed by atoms with Crippen LogP contribution in [-0.2, 0) is 16.1 Å². The highest BCUT2D eigenvalue weighted by atomic mass is 16.5. The maximum atomic E-state index is 13.9. The summed E-state index contributed by atoms with van der Waals surface area (Å²) in [5.41, 5.74) is 3.12. The summed E-state index contributed by atoms with van der Waals surface area (Å²) in [4.78, 5) is 45.5. The Morgan fingerprint density at radius 3 is 2.16 bits per heavy atom. The minimum absolute atomic E-state index is 0.0464. The lowest BCUT2D eigenvalue weighted by atomic mass is 9.86. The molecule has 2 aliphatic carbocycles. The van der Waals surface area contributed by atoms with Crippen LogP contribution in [0.4, 0.5) is 4.79 Å². The Labute approximate surface area is 262 Å². The normalized spacial score (nSPS) is 25.7. The number of rotatable bonds is 8. The van der Waals surface area contributed by atoms with E-state index in [1.54, 1.807) is 0 Å². The van der Waals surface area contributed by atoms with Crippen LogP contribution in [0.3, 0.4) is 0 Å². The van der Waals surface area contributed by atoms with Gasteiger partial charge in [-0.25, -0.2) is 4.79 Å². The average Bonchev–Trinajstić information content (AvgIpc) is 3.43. The Kier molecular flexibility index (Phi) is 9.85. The van der Waals surface area contributed by atoms with E-state index in [1.807, 2.05) is 12.1 Å². The molecule has 236 valence electrons. The molecule has 8 nitrogen and oxygen atoms in total. The van der Waals surface area contributed by atoms with Crippen LogP contribution in [0.2, 0.25) is 0 Å². The zero-order chi connectivity index (χ0) is 30.5. The van der Waals surface area contributed by atoms with Gasteiger partial charge in [-0.05, 0) is 74.6 Å². The fraction of sp³-hybridized carbons (Fsp3) is 0.583. The molecule has 0 aromatic heterocycles. The molecule has 8 heteroatoms. The predicted octanol–water partition coefficient (Wildman–Crippen LogP) is 5.92. The van der Waals surface area contributed by atoms with Crippen LogP contribution in [0, 0.1) is 5.92 Å². The highest BCUT2D eigenvalue weighted by molar-refractivity contribution is 5.94. The Bertz CT molecular complexity index is 1260. The summed E-state index contributed by atoms with van der Waals surface area (Å²) < 4.78 is 4.87. The minimum Gasteiger partial charge on any atom is -0.469 e. The van der Waals surface area contributed by atoms with Crippen LogP contribution >= 0.6 is 0 Å². The number of esters is 1. The zero-order valence-electron chi connectivity index (χ0n) is 26.2. The number of hydrogen-bond donors (Lipinski definition) is 1. The van der Waals surface area contributed by atoms with Crippen molar-refractivity contribution in [3.8, 4) is 0 Å². The van der Waals surface area contributed by atoms with E-state index >= 15 is 0 Å². The topological polar surface area (TPSA) is 82.2 Å². The number of ether oxygens (including phenoxy) is 1. The molecule has 2 aromatic rings. The van der Waals surface area contributed by atoms with Gasteiger partial charge in [-0.2, -0.15) is 0 Å². The number of carbonyl (C=O) groups is 3. The molecule has 1 N–H and O–H groups in total. The molecule has 4 fully saturated rings. The van der Waals surface area contributed by atoms with Crippen LogP contribution in [-0.4, -0.2) is 77.5 Å². The molecule has 0 bridgehead atoms. The molecule has 2 saturated carbocycles. The van der Waals surface area contributed by atoms with Gasteiger partial charge in [0.05, 0.1) is 19.1 Å². The molecular weight excluding hydrogens is 552 g/mol. The molecular formula is C36H48N4O4. The predicted molar refractivity (Wildman–Crippen MR) is 170 cm³/mol. The van der Waals surface area contributed by atoms with E-state index < -0.39 is 0 Å². The number of likely N-dealkylation sites (tertiary alicyclic amines) is 1.